The maximum atomic E-state index is 11.8. The lowest BCUT2D eigenvalue weighted by molar-refractivity contribution is -0.140. The third-order valence-electron chi connectivity index (χ3n) is 10.3. The number of rotatable bonds is 18. The summed E-state index contributed by atoms with van der Waals surface area (Å²) in [6.07, 6.45) is 7.01. The second kappa shape index (κ2) is 20.0. The van der Waals surface area contributed by atoms with Crippen LogP contribution >= 0.6 is 23.2 Å². The summed E-state index contributed by atoms with van der Waals surface area (Å²) >= 11 is 13.8. The van der Waals surface area contributed by atoms with Gasteiger partial charge in [0, 0.05) is 80.9 Å². The van der Waals surface area contributed by atoms with E-state index in [-0.39, 0.29) is 44.2 Å². The molecule has 1 amide bonds. The van der Waals surface area contributed by atoms with Crippen molar-refractivity contribution in [3.8, 4) is 34.4 Å². The number of fused-ring (bicyclic) bond motifs is 1. The first-order chi connectivity index (χ1) is 27.6. The van der Waals surface area contributed by atoms with Crippen molar-refractivity contribution in [3.05, 3.63) is 105 Å². The SMILES string of the molecule is CC(=O)NC1CCN(CCCOc2cccc(-c3cccc4c3CCC4Oc3cc(OCc4cncc(C#N)c4)c(CNC(CCO)C(=O)O)cc3Cl)c2Cl)CC1. The highest BCUT2D eigenvalue weighted by Crippen LogP contribution is 2.45. The number of carbonyl (C=O) groups is 2. The number of carboxylic acids is 1. The molecule has 14 heteroatoms. The summed E-state index contributed by atoms with van der Waals surface area (Å²) in [6.45, 7) is 4.82. The van der Waals surface area contributed by atoms with Gasteiger partial charge in [-0.2, -0.15) is 5.26 Å². The number of ether oxygens (including phenoxy) is 3. The van der Waals surface area contributed by atoms with Crippen LogP contribution in [0.3, 0.4) is 0 Å². The number of hydrogen-bond acceptors (Lipinski definition) is 10. The van der Waals surface area contributed by atoms with E-state index < -0.39 is 12.0 Å². The van der Waals surface area contributed by atoms with E-state index in [1.165, 1.54) is 6.20 Å². The third-order valence-corrected chi connectivity index (χ3v) is 11.0. The van der Waals surface area contributed by atoms with Gasteiger partial charge in [0.1, 0.15) is 42.1 Å². The number of likely N-dealkylation sites (tertiary alicyclic amines) is 1. The van der Waals surface area contributed by atoms with Crippen LogP contribution in [0.4, 0.5) is 0 Å². The molecule has 57 heavy (non-hydrogen) atoms. The van der Waals surface area contributed by atoms with Gasteiger partial charge in [0.05, 0.1) is 22.2 Å². The molecule has 4 aromatic rings. The summed E-state index contributed by atoms with van der Waals surface area (Å²) in [7, 11) is 0. The Morgan fingerprint density at radius 2 is 1.81 bits per heavy atom. The smallest absolute Gasteiger partial charge is 0.320 e. The zero-order chi connectivity index (χ0) is 40.3. The van der Waals surface area contributed by atoms with Crippen molar-refractivity contribution < 1.29 is 34.0 Å². The topological polar surface area (TPSA) is 166 Å². The van der Waals surface area contributed by atoms with Gasteiger partial charge in [-0.15, -0.1) is 0 Å². The summed E-state index contributed by atoms with van der Waals surface area (Å²) in [5, 5.41) is 35.2. The van der Waals surface area contributed by atoms with Crippen LogP contribution < -0.4 is 24.8 Å². The van der Waals surface area contributed by atoms with Gasteiger partial charge in [0.2, 0.25) is 5.91 Å². The largest absolute Gasteiger partial charge is 0.492 e. The van der Waals surface area contributed by atoms with E-state index in [1.807, 2.05) is 24.3 Å². The Kier molecular flexibility index (Phi) is 14.6. The number of aliphatic hydroxyl groups is 1. The van der Waals surface area contributed by atoms with Gasteiger partial charge < -0.3 is 40.0 Å². The molecular weight excluding hydrogens is 769 g/mol. The standard InChI is InChI=1S/C43H47Cl2N5O7/c1-27(52)49-31-11-15-50(16-12-31)14-4-18-55-39-8-3-7-35(42(39)45)32-5-2-6-34-33(32)9-10-38(34)57-41-21-40(56-26-29-19-28(22-46)23-47-24-29)30(20-36(41)44)25-48-37(13-17-51)43(53)54/h2-3,5-8,19-21,23-24,31,37-38,48,51H,4,9-18,25-26H2,1H3,(H,49,52)(H,53,54). The minimum Gasteiger partial charge on any atom is -0.492 e. The minimum atomic E-state index is -1.08. The average Bonchev–Trinajstić information content (AvgIpc) is 3.62. The molecule has 12 nitrogen and oxygen atoms in total. The molecule has 1 fully saturated rings. The molecular formula is C43H47Cl2N5O7. The fraction of sp³-hybridized carbons (Fsp3) is 0.395. The van der Waals surface area contributed by atoms with Gasteiger partial charge in [-0.25, -0.2) is 0 Å². The Morgan fingerprint density at radius 1 is 1.02 bits per heavy atom. The van der Waals surface area contributed by atoms with Crippen LogP contribution in [-0.2, 0) is 29.2 Å². The molecule has 300 valence electrons. The first kappa shape index (κ1) is 41.7. The molecule has 1 aliphatic heterocycles. The summed E-state index contributed by atoms with van der Waals surface area (Å²) < 4.78 is 19.0. The lowest BCUT2D eigenvalue weighted by atomic mass is 9.96. The van der Waals surface area contributed by atoms with Gasteiger partial charge >= 0.3 is 5.97 Å². The van der Waals surface area contributed by atoms with Crippen molar-refractivity contribution in [1.82, 2.24) is 20.5 Å². The van der Waals surface area contributed by atoms with Crippen molar-refractivity contribution in [2.24, 2.45) is 0 Å². The quantitative estimate of drug-likeness (QED) is 0.0775. The number of nitriles is 1. The molecule has 1 aliphatic carbocycles. The maximum absolute atomic E-state index is 11.8. The normalized spacial score (nSPS) is 16.0. The van der Waals surface area contributed by atoms with E-state index >= 15 is 0 Å². The van der Waals surface area contributed by atoms with Crippen molar-refractivity contribution in [3.63, 3.8) is 0 Å². The highest BCUT2D eigenvalue weighted by atomic mass is 35.5. The molecule has 2 heterocycles. The predicted octanol–water partition coefficient (Wildman–Crippen LogP) is 6.87. The Bertz CT molecular complexity index is 2090. The Labute approximate surface area is 342 Å². The number of carboxylic acid groups (broad SMARTS) is 1. The van der Waals surface area contributed by atoms with Crippen molar-refractivity contribution in [2.75, 3.05) is 32.8 Å². The molecule has 3 aromatic carbocycles. The van der Waals surface area contributed by atoms with Crippen LogP contribution in [0.15, 0.2) is 67.0 Å². The van der Waals surface area contributed by atoms with E-state index in [2.05, 4.69) is 38.7 Å². The van der Waals surface area contributed by atoms with E-state index in [4.69, 9.17) is 37.4 Å². The number of piperidine rings is 1. The van der Waals surface area contributed by atoms with E-state index in [0.717, 1.165) is 67.6 Å². The summed E-state index contributed by atoms with van der Waals surface area (Å²) in [6, 6.07) is 18.4. The molecule has 0 bridgehead atoms. The van der Waals surface area contributed by atoms with Crippen LogP contribution in [0.5, 0.6) is 17.2 Å². The Hall–Kier alpha value is -4.90. The average molecular weight is 817 g/mol. The molecule has 2 unspecified atom stereocenters. The van der Waals surface area contributed by atoms with Crippen LogP contribution in [0.1, 0.15) is 72.9 Å². The Morgan fingerprint density at radius 3 is 2.56 bits per heavy atom. The number of amides is 1. The molecule has 0 spiro atoms. The minimum absolute atomic E-state index is 0.0260. The fourth-order valence-electron chi connectivity index (χ4n) is 7.44. The van der Waals surface area contributed by atoms with Gasteiger partial charge in [-0.3, -0.25) is 14.6 Å². The molecule has 0 radical (unpaired) electrons. The van der Waals surface area contributed by atoms with Gasteiger partial charge in [-0.05, 0) is 73.4 Å². The maximum Gasteiger partial charge on any atom is 0.320 e. The number of nitrogens with one attached hydrogen (secondary N) is 2. The lowest BCUT2D eigenvalue weighted by Gasteiger charge is -2.32. The highest BCUT2D eigenvalue weighted by molar-refractivity contribution is 6.35. The van der Waals surface area contributed by atoms with Crippen molar-refractivity contribution in [2.45, 2.75) is 76.8 Å². The van der Waals surface area contributed by atoms with Crippen LogP contribution in [0, 0.1) is 11.3 Å². The van der Waals surface area contributed by atoms with E-state index in [1.54, 1.807) is 31.3 Å². The zero-order valence-corrected chi connectivity index (χ0v) is 33.3. The number of aliphatic hydroxyl groups excluding tert-OH is 1. The number of hydrogen-bond donors (Lipinski definition) is 4. The molecule has 1 aromatic heterocycles. The number of benzene rings is 3. The van der Waals surface area contributed by atoms with Crippen LogP contribution in [0.25, 0.3) is 11.1 Å². The van der Waals surface area contributed by atoms with Crippen molar-refractivity contribution >= 4 is 35.1 Å². The number of aromatic nitrogens is 1. The van der Waals surface area contributed by atoms with E-state index in [0.29, 0.717) is 57.0 Å². The molecule has 2 aliphatic rings. The van der Waals surface area contributed by atoms with Crippen LogP contribution in [-0.4, -0.2) is 76.9 Å². The second-order valence-electron chi connectivity index (χ2n) is 14.3. The predicted molar refractivity (Wildman–Crippen MR) is 217 cm³/mol. The summed E-state index contributed by atoms with van der Waals surface area (Å²) in [5.41, 5.74) is 5.71. The zero-order valence-electron chi connectivity index (χ0n) is 31.8. The molecule has 6 rings (SSSR count). The number of aliphatic carboxylic acids is 1. The number of halogens is 2. The van der Waals surface area contributed by atoms with Gasteiger partial charge in [0.15, 0.2) is 0 Å². The van der Waals surface area contributed by atoms with Gasteiger partial charge in [0.25, 0.3) is 0 Å². The Balaban J connectivity index is 1.15. The van der Waals surface area contributed by atoms with Crippen LogP contribution in [0.2, 0.25) is 10.0 Å². The monoisotopic (exact) mass is 815 g/mol. The molecule has 2 atom stereocenters. The lowest BCUT2D eigenvalue weighted by Crippen LogP contribution is -2.44. The second-order valence-corrected chi connectivity index (χ2v) is 15.1. The highest BCUT2D eigenvalue weighted by Gasteiger charge is 2.29. The summed E-state index contributed by atoms with van der Waals surface area (Å²) in [4.78, 5) is 29.7. The number of nitrogens with zero attached hydrogens (tertiary/aromatic N) is 3. The molecule has 1 saturated heterocycles. The third kappa shape index (κ3) is 10.9. The number of carbonyl (C=O) groups excluding carboxylic acids is 1. The fourth-order valence-corrected chi connectivity index (χ4v) is 7.95. The number of pyridine rings is 1. The molecule has 4 N–H and O–H groups in total. The van der Waals surface area contributed by atoms with E-state index in [9.17, 15) is 25.1 Å². The molecule has 0 saturated carbocycles. The summed E-state index contributed by atoms with van der Waals surface area (Å²) in [5.74, 6) is 0.397. The van der Waals surface area contributed by atoms with Gasteiger partial charge in [-0.1, -0.05) is 53.5 Å². The first-order valence-corrected chi connectivity index (χ1v) is 19.9. The van der Waals surface area contributed by atoms with Crippen molar-refractivity contribution in [1.29, 1.82) is 5.26 Å². The first-order valence-electron chi connectivity index (χ1n) is 19.2.